The van der Waals surface area contributed by atoms with E-state index in [1.54, 1.807) is 0 Å². The maximum atomic E-state index is 14.4. The first kappa shape index (κ1) is 43.2. The monoisotopic (exact) mass is 934 g/mol. The maximum absolute atomic E-state index is 14.4. The number of H-pyrrole nitrogens is 2. The number of benzene rings is 7. The number of nitrogens with one attached hydrogen (secondary N) is 4. The third-order valence-corrected chi connectivity index (χ3v) is 13.8. The molecule has 0 radical (unpaired) electrons. The summed E-state index contributed by atoms with van der Waals surface area (Å²) in [7, 11) is 0. The number of para-hydroxylation sites is 2. The van der Waals surface area contributed by atoms with Gasteiger partial charge >= 0.3 is 0 Å². The van der Waals surface area contributed by atoms with Gasteiger partial charge in [0.15, 0.2) is 0 Å². The Balaban J connectivity index is 0.799. The molecule has 338 valence electrons. The van der Waals surface area contributed by atoms with Crippen molar-refractivity contribution in [3.63, 3.8) is 0 Å². The van der Waals surface area contributed by atoms with Crippen molar-refractivity contribution in [3.05, 3.63) is 203 Å². The van der Waals surface area contributed by atoms with E-state index in [-0.39, 0.29) is 23.9 Å². The van der Waals surface area contributed by atoms with Crippen molar-refractivity contribution < 1.29 is 9.59 Å². The van der Waals surface area contributed by atoms with E-state index < -0.39 is 12.1 Å². The minimum absolute atomic E-state index is 0.00390. The van der Waals surface area contributed by atoms with Crippen LogP contribution in [0, 0.1) is 0 Å². The second-order valence-corrected chi connectivity index (χ2v) is 18.5. The van der Waals surface area contributed by atoms with Gasteiger partial charge in [-0.1, -0.05) is 120 Å². The number of aromatic nitrogens is 4. The van der Waals surface area contributed by atoms with Crippen molar-refractivity contribution in [2.75, 3.05) is 23.7 Å². The summed E-state index contributed by atoms with van der Waals surface area (Å²) in [5, 5.41) is 8.21. The van der Waals surface area contributed by atoms with Crippen LogP contribution in [0.3, 0.4) is 0 Å². The molecule has 4 heterocycles. The van der Waals surface area contributed by atoms with Gasteiger partial charge in [0.05, 0.1) is 34.2 Å². The smallest absolute Gasteiger partial charge is 0.250 e. The van der Waals surface area contributed by atoms with Gasteiger partial charge in [-0.2, -0.15) is 0 Å². The molecule has 11 rings (SSSR count). The molecule has 2 aliphatic heterocycles. The van der Waals surface area contributed by atoms with Crippen LogP contribution in [-0.4, -0.2) is 54.6 Å². The number of rotatable bonds is 12. The van der Waals surface area contributed by atoms with Gasteiger partial charge in [0, 0.05) is 34.5 Å². The number of imidazole rings is 2. The van der Waals surface area contributed by atoms with E-state index >= 15 is 0 Å². The topological polar surface area (TPSA) is 122 Å². The summed E-state index contributed by atoms with van der Waals surface area (Å²) >= 11 is 12.5. The lowest BCUT2D eigenvalue weighted by Crippen LogP contribution is -2.38. The number of carbonyl (C=O) groups is 2. The highest BCUT2D eigenvalue weighted by atomic mass is 35.5. The first-order valence-corrected chi connectivity index (χ1v) is 23.9. The normalized spacial score (nSPS) is 16.9. The van der Waals surface area contributed by atoms with Crippen LogP contribution in [0.15, 0.2) is 170 Å². The molecule has 4 atom stereocenters. The van der Waals surface area contributed by atoms with Crippen LogP contribution in [0.2, 0.25) is 10.0 Å². The summed E-state index contributed by atoms with van der Waals surface area (Å²) in [5.74, 6) is 1.58. The third kappa shape index (κ3) is 8.80. The van der Waals surface area contributed by atoms with Crippen molar-refractivity contribution in [1.82, 2.24) is 29.7 Å². The molecule has 4 N–H and O–H groups in total. The molecule has 9 aromatic rings. The maximum Gasteiger partial charge on any atom is 0.250 e. The van der Waals surface area contributed by atoms with Gasteiger partial charge in [-0.05, 0) is 132 Å². The lowest BCUT2D eigenvalue weighted by molar-refractivity contribution is -0.134. The lowest BCUT2D eigenvalue weighted by atomic mass is 10.00. The van der Waals surface area contributed by atoms with Crippen LogP contribution in [0.4, 0.5) is 11.4 Å². The summed E-state index contributed by atoms with van der Waals surface area (Å²) in [6.07, 6.45) is 3.42. The Kier molecular flexibility index (Phi) is 11.9. The minimum Gasteiger partial charge on any atom is -0.370 e. The first-order valence-electron chi connectivity index (χ1n) is 23.2. The predicted octanol–water partition coefficient (Wildman–Crippen LogP) is 13.1. The van der Waals surface area contributed by atoms with Gasteiger partial charge in [-0.25, -0.2) is 9.97 Å². The van der Waals surface area contributed by atoms with E-state index in [4.69, 9.17) is 33.2 Å². The fraction of sp³-hybridized carbons (Fsp3) is 0.179. The number of aromatic amines is 2. The van der Waals surface area contributed by atoms with E-state index in [0.29, 0.717) is 23.1 Å². The van der Waals surface area contributed by atoms with Crippen LogP contribution in [-0.2, 0) is 9.59 Å². The van der Waals surface area contributed by atoms with E-state index in [9.17, 15) is 9.59 Å². The fourth-order valence-corrected chi connectivity index (χ4v) is 10.1. The molecule has 0 saturated carbocycles. The first-order chi connectivity index (χ1) is 33.3. The largest absolute Gasteiger partial charge is 0.370 e. The molecule has 2 unspecified atom stereocenters. The van der Waals surface area contributed by atoms with Crippen molar-refractivity contribution in [3.8, 4) is 22.3 Å². The number of anilines is 2. The molecular formula is C56H48Cl2N8O2. The standard InChI is InChI=1S/C56H48Cl2N8O2/c57-41-25-19-37(20-26-41)51(59-43-9-3-1-4-10-43)55(67)65-31-7-13-49(65)53-61-45-29-23-39(33-47(45)63-53)35-15-17-36(18-16-35)40-24-30-46-48(34-40)64-54(62-46)50-14-8-32-66(50)56(68)52(38-21-27-42(58)28-22-38)60-44-11-5-2-6-12-44/h1-6,9-12,15-30,33-34,49-52,59-60H,7-8,13-14,31-32H2,(H,61,63)(H,62,64)/t49-,50-,51?,52?/m0/s1. The Bertz CT molecular complexity index is 3010. The van der Waals surface area contributed by atoms with E-state index in [2.05, 4.69) is 69.1 Å². The summed E-state index contributed by atoms with van der Waals surface area (Å²) in [4.78, 5) is 50.0. The van der Waals surface area contributed by atoms with Crippen LogP contribution in [0.25, 0.3) is 44.3 Å². The number of likely N-dealkylation sites (tertiary alicyclic amines) is 2. The molecule has 2 fully saturated rings. The summed E-state index contributed by atoms with van der Waals surface area (Å²) in [5.41, 5.74) is 11.3. The minimum atomic E-state index is -0.586. The molecule has 0 bridgehead atoms. The third-order valence-electron chi connectivity index (χ3n) is 13.3. The highest BCUT2D eigenvalue weighted by Gasteiger charge is 2.38. The van der Waals surface area contributed by atoms with Crippen molar-refractivity contribution in [2.24, 2.45) is 0 Å². The van der Waals surface area contributed by atoms with E-state index in [1.807, 2.05) is 131 Å². The van der Waals surface area contributed by atoms with E-state index in [0.717, 1.165) is 104 Å². The zero-order chi connectivity index (χ0) is 46.1. The van der Waals surface area contributed by atoms with Crippen molar-refractivity contribution in [2.45, 2.75) is 49.9 Å². The highest BCUT2D eigenvalue weighted by Crippen LogP contribution is 2.38. The average molecular weight is 936 g/mol. The van der Waals surface area contributed by atoms with Gasteiger partial charge in [-0.15, -0.1) is 0 Å². The fourth-order valence-electron chi connectivity index (χ4n) is 9.84. The second kappa shape index (κ2) is 18.7. The van der Waals surface area contributed by atoms with Gasteiger partial charge in [0.25, 0.3) is 0 Å². The summed E-state index contributed by atoms with van der Waals surface area (Å²) in [6, 6.07) is 54.2. The van der Waals surface area contributed by atoms with Crippen LogP contribution in [0.5, 0.6) is 0 Å². The molecule has 7 aromatic carbocycles. The molecule has 0 spiro atoms. The average Bonchev–Trinajstić information content (AvgIpc) is 4.22. The van der Waals surface area contributed by atoms with Crippen molar-refractivity contribution >= 4 is 68.5 Å². The lowest BCUT2D eigenvalue weighted by Gasteiger charge is -2.29. The number of halogens is 2. The van der Waals surface area contributed by atoms with Crippen LogP contribution in [0.1, 0.15) is 72.6 Å². The summed E-state index contributed by atoms with van der Waals surface area (Å²) in [6.45, 7) is 1.29. The molecule has 2 aromatic heterocycles. The molecule has 12 heteroatoms. The van der Waals surface area contributed by atoms with Gasteiger partial charge in [0.1, 0.15) is 23.7 Å². The number of fused-ring (bicyclic) bond motifs is 2. The number of hydrogen-bond donors (Lipinski definition) is 4. The molecule has 2 saturated heterocycles. The molecule has 68 heavy (non-hydrogen) atoms. The Morgan fingerprint density at radius 3 is 1.28 bits per heavy atom. The molecule has 10 nitrogen and oxygen atoms in total. The zero-order valence-corrected chi connectivity index (χ0v) is 38.6. The number of amides is 2. The SMILES string of the molecule is O=C(C(Nc1ccccc1)c1ccc(Cl)cc1)N1CCC[C@H]1c1nc2ccc(-c3ccc(-c4ccc5nc([C@@H]6CCCN6C(=O)C(Nc6ccccc6)c6ccc(Cl)cc6)[nH]c5c4)cc3)cc2[nH]1. The molecule has 0 aliphatic carbocycles. The highest BCUT2D eigenvalue weighted by molar-refractivity contribution is 6.30. The summed E-state index contributed by atoms with van der Waals surface area (Å²) < 4.78 is 0. The van der Waals surface area contributed by atoms with Gasteiger partial charge < -0.3 is 30.4 Å². The molecule has 2 aliphatic rings. The van der Waals surface area contributed by atoms with E-state index in [1.165, 1.54) is 0 Å². The Morgan fingerprint density at radius 1 is 0.500 bits per heavy atom. The van der Waals surface area contributed by atoms with Crippen LogP contribution < -0.4 is 10.6 Å². The van der Waals surface area contributed by atoms with Gasteiger partial charge in [-0.3, -0.25) is 9.59 Å². The molecule has 2 amide bonds. The zero-order valence-electron chi connectivity index (χ0n) is 37.1. The Morgan fingerprint density at radius 2 is 0.882 bits per heavy atom. The number of hydrogen-bond acceptors (Lipinski definition) is 6. The quantitative estimate of drug-likeness (QED) is 0.0968. The van der Waals surface area contributed by atoms with Crippen LogP contribution >= 0.6 is 23.2 Å². The van der Waals surface area contributed by atoms with Gasteiger partial charge in [0.2, 0.25) is 11.8 Å². The van der Waals surface area contributed by atoms with Crippen molar-refractivity contribution in [1.29, 1.82) is 0 Å². The number of nitrogens with zero attached hydrogens (tertiary/aromatic N) is 4. The molecular weight excluding hydrogens is 888 g/mol. The second-order valence-electron chi connectivity index (χ2n) is 17.7. The number of carbonyl (C=O) groups excluding carboxylic acids is 2. The predicted molar refractivity (Wildman–Crippen MR) is 273 cm³/mol. The Labute approximate surface area is 404 Å². The Hall–Kier alpha value is -7.40.